The second-order valence-electron chi connectivity index (χ2n) is 4.00. The maximum Gasteiger partial charge on any atom is 0.416 e. The molecule has 0 aliphatic rings. The summed E-state index contributed by atoms with van der Waals surface area (Å²) in [6.07, 6.45) is -3.95. The van der Waals surface area contributed by atoms with Gasteiger partial charge in [0, 0.05) is 20.3 Å². The van der Waals surface area contributed by atoms with Crippen molar-refractivity contribution in [1.82, 2.24) is 5.32 Å². The van der Waals surface area contributed by atoms with Crippen LogP contribution in [-0.4, -0.2) is 26.2 Å². The van der Waals surface area contributed by atoms with Crippen LogP contribution in [0.25, 0.3) is 0 Å². The predicted octanol–water partition coefficient (Wildman–Crippen LogP) is 1.76. The first-order valence-corrected chi connectivity index (χ1v) is 5.85. The smallest absolute Gasteiger partial charge is 0.385 e. The third kappa shape index (κ3) is 4.39. The Morgan fingerprint density at radius 1 is 1.40 bits per heavy atom. The molecular formula is C12H16F3N3O2. The van der Waals surface area contributed by atoms with E-state index >= 15 is 0 Å². The molecular weight excluding hydrogens is 275 g/mol. The monoisotopic (exact) mass is 291 g/mol. The van der Waals surface area contributed by atoms with Crippen LogP contribution in [0.15, 0.2) is 18.2 Å². The summed E-state index contributed by atoms with van der Waals surface area (Å²) in [6.45, 7) is 0.748. The lowest BCUT2D eigenvalue weighted by Crippen LogP contribution is -2.27. The zero-order chi connectivity index (χ0) is 15.2. The lowest BCUT2D eigenvalue weighted by Gasteiger charge is -2.13. The van der Waals surface area contributed by atoms with Crippen LogP contribution in [-0.2, 0) is 10.9 Å². The number of methoxy groups -OCH3 is 1. The molecule has 0 saturated carbocycles. The Hall–Kier alpha value is -1.80. The highest BCUT2D eigenvalue weighted by atomic mass is 19.4. The Morgan fingerprint density at radius 2 is 2.10 bits per heavy atom. The Labute approximate surface area is 114 Å². The number of hydrogen-bond acceptors (Lipinski definition) is 4. The lowest BCUT2D eigenvalue weighted by molar-refractivity contribution is -0.137. The summed E-state index contributed by atoms with van der Waals surface area (Å²) in [5.74, 6) is 4.57. The second-order valence-corrected chi connectivity index (χ2v) is 4.00. The molecule has 0 heterocycles. The van der Waals surface area contributed by atoms with Gasteiger partial charge in [0.05, 0.1) is 16.8 Å². The number of nitrogens with one attached hydrogen (secondary N) is 2. The van der Waals surface area contributed by atoms with E-state index in [1.807, 2.05) is 0 Å². The van der Waals surface area contributed by atoms with Crippen molar-refractivity contribution in [1.29, 1.82) is 0 Å². The van der Waals surface area contributed by atoms with Crippen molar-refractivity contribution in [3.63, 3.8) is 0 Å². The largest absolute Gasteiger partial charge is 0.416 e. The van der Waals surface area contributed by atoms with Crippen molar-refractivity contribution in [2.24, 2.45) is 5.84 Å². The van der Waals surface area contributed by atoms with E-state index in [0.717, 1.165) is 18.2 Å². The first kappa shape index (κ1) is 16.3. The van der Waals surface area contributed by atoms with Gasteiger partial charge in [-0.1, -0.05) is 0 Å². The maximum absolute atomic E-state index is 12.6. The van der Waals surface area contributed by atoms with Crippen molar-refractivity contribution < 1.29 is 22.7 Å². The minimum Gasteiger partial charge on any atom is -0.385 e. The van der Waals surface area contributed by atoms with Gasteiger partial charge in [-0.2, -0.15) is 13.2 Å². The van der Waals surface area contributed by atoms with Crippen LogP contribution in [0, 0.1) is 0 Å². The van der Waals surface area contributed by atoms with E-state index in [2.05, 4.69) is 10.7 Å². The minimum atomic E-state index is -4.52. The fourth-order valence-corrected chi connectivity index (χ4v) is 1.55. The van der Waals surface area contributed by atoms with E-state index in [9.17, 15) is 18.0 Å². The highest BCUT2D eigenvalue weighted by Crippen LogP contribution is 2.31. The van der Waals surface area contributed by atoms with Gasteiger partial charge in [0.15, 0.2) is 0 Å². The summed E-state index contributed by atoms with van der Waals surface area (Å²) >= 11 is 0. The number of carbonyl (C=O) groups is 1. The summed E-state index contributed by atoms with van der Waals surface area (Å²) in [5, 5.41) is 2.51. The van der Waals surface area contributed by atoms with Gasteiger partial charge in [-0.25, -0.2) is 0 Å². The van der Waals surface area contributed by atoms with Gasteiger partial charge >= 0.3 is 6.18 Å². The van der Waals surface area contributed by atoms with Gasteiger partial charge in [-0.15, -0.1) is 0 Å². The highest BCUT2D eigenvalue weighted by molar-refractivity contribution is 5.99. The SMILES string of the molecule is COCCCNC(=O)c1cc(C(F)(F)F)ccc1NN. The van der Waals surface area contributed by atoms with E-state index in [4.69, 9.17) is 10.6 Å². The van der Waals surface area contributed by atoms with Crippen molar-refractivity contribution in [2.45, 2.75) is 12.6 Å². The molecule has 0 radical (unpaired) electrons. The molecule has 1 aromatic carbocycles. The van der Waals surface area contributed by atoms with Crippen LogP contribution in [0.5, 0.6) is 0 Å². The summed E-state index contributed by atoms with van der Waals surface area (Å²) in [7, 11) is 1.52. The first-order valence-electron chi connectivity index (χ1n) is 5.85. The van der Waals surface area contributed by atoms with Gasteiger partial charge in [0.2, 0.25) is 0 Å². The van der Waals surface area contributed by atoms with Crippen molar-refractivity contribution in [3.05, 3.63) is 29.3 Å². The number of halogens is 3. The predicted molar refractivity (Wildman–Crippen MR) is 68.1 cm³/mol. The van der Waals surface area contributed by atoms with Gasteiger partial charge in [0.1, 0.15) is 0 Å². The number of nitrogen functional groups attached to an aromatic ring is 1. The molecule has 0 fully saturated rings. The Balaban J connectivity index is 2.88. The van der Waals surface area contributed by atoms with Gasteiger partial charge in [-0.3, -0.25) is 10.6 Å². The van der Waals surface area contributed by atoms with E-state index in [1.165, 1.54) is 7.11 Å². The van der Waals surface area contributed by atoms with Crippen molar-refractivity contribution >= 4 is 11.6 Å². The molecule has 20 heavy (non-hydrogen) atoms. The molecule has 0 saturated heterocycles. The molecule has 0 aromatic heterocycles. The summed E-state index contributed by atoms with van der Waals surface area (Å²) < 4.78 is 42.7. The van der Waals surface area contributed by atoms with E-state index in [-0.39, 0.29) is 11.3 Å². The van der Waals surface area contributed by atoms with Crippen LogP contribution in [0.3, 0.4) is 0 Å². The quantitative estimate of drug-likeness (QED) is 0.424. The van der Waals surface area contributed by atoms with E-state index in [0.29, 0.717) is 19.6 Å². The topological polar surface area (TPSA) is 76.4 Å². The Bertz CT molecular complexity index is 464. The van der Waals surface area contributed by atoms with Crippen LogP contribution in [0.1, 0.15) is 22.3 Å². The van der Waals surface area contributed by atoms with Gasteiger partial charge in [0.25, 0.3) is 5.91 Å². The number of benzene rings is 1. The molecule has 0 bridgehead atoms. The van der Waals surface area contributed by atoms with Crippen LogP contribution >= 0.6 is 0 Å². The van der Waals surface area contributed by atoms with Gasteiger partial charge < -0.3 is 15.5 Å². The molecule has 0 spiro atoms. The molecule has 0 atom stereocenters. The molecule has 4 N–H and O–H groups in total. The molecule has 1 amide bonds. The number of anilines is 1. The summed E-state index contributed by atoms with van der Waals surface area (Å²) in [5.41, 5.74) is 1.27. The third-order valence-electron chi connectivity index (χ3n) is 2.56. The molecule has 1 aromatic rings. The van der Waals surface area contributed by atoms with Crippen molar-refractivity contribution in [3.8, 4) is 0 Å². The standard InChI is InChI=1S/C12H16F3N3O2/c1-20-6-2-5-17-11(19)9-7-8(12(13,14)15)3-4-10(9)18-16/h3-4,7,18H,2,5-6,16H2,1H3,(H,17,19). The highest BCUT2D eigenvalue weighted by Gasteiger charge is 2.31. The molecule has 8 heteroatoms. The number of amides is 1. The minimum absolute atomic E-state index is 0.127. The Morgan fingerprint density at radius 3 is 2.65 bits per heavy atom. The molecule has 112 valence electrons. The number of alkyl halides is 3. The molecule has 5 nitrogen and oxygen atoms in total. The maximum atomic E-state index is 12.6. The van der Waals surface area contributed by atoms with Gasteiger partial charge in [-0.05, 0) is 24.6 Å². The first-order chi connectivity index (χ1) is 9.40. The molecule has 0 aliphatic carbocycles. The van der Waals surface area contributed by atoms with E-state index < -0.39 is 17.6 Å². The number of rotatable bonds is 6. The zero-order valence-electron chi connectivity index (χ0n) is 10.9. The normalized spacial score (nSPS) is 11.2. The van der Waals surface area contributed by atoms with Crippen LogP contribution < -0.4 is 16.6 Å². The molecule has 0 unspecified atom stereocenters. The fraction of sp³-hybridized carbons (Fsp3) is 0.417. The Kier molecular flexibility index (Phi) is 5.78. The fourth-order valence-electron chi connectivity index (χ4n) is 1.55. The number of hydrogen-bond donors (Lipinski definition) is 3. The lowest BCUT2D eigenvalue weighted by atomic mass is 10.1. The summed E-state index contributed by atoms with van der Waals surface area (Å²) in [6, 6.07) is 2.74. The molecule has 0 aliphatic heterocycles. The van der Waals surface area contributed by atoms with Crippen LogP contribution in [0.2, 0.25) is 0 Å². The number of ether oxygens (including phenoxy) is 1. The average Bonchev–Trinajstić information content (AvgIpc) is 2.41. The molecule has 1 rings (SSSR count). The van der Waals surface area contributed by atoms with Crippen LogP contribution in [0.4, 0.5) is 18.9 Å². The number of nitrogens with two attached hydrogens (primary N) is 1. The number of hydrazine groups is 1. The number of carbonyl (C=O) groups excluding carboxylic acids is 1. The average molecular weight is 291 g/mol. The van der Waals surface area contributed by atoms with Crippen molar-refractivity contribution in [2.75, 3.05) is 25.7 Å². The zero-order valence-corrected chi connectivity index (χ0v) is 10.9. The second kappa shape index (κ2) is 7.11. The third-order valence-corrected chi connectivity index (χ3v) is 2.56. The van der Waals surface area contributed by atoms with E-state index in [1.54, 1.807) is 0 Å². The summed E-state index contributed by atoms with van der Waals surface area (Å²) in [4.78, 5) is 11.9.